The Morgan fingerprint density at radius 3 is 2.50 bits per heavy atom. The molecule has 0 saturated heterocycles. The zero-order valence-corrected chi connectivity index (χ0v) is 20.1. The number of hydrogen-bond acceptors (Lipinski definition) is 3. The molecule has 0 bridgehead atoms. The zero-order chi connectivity index (χ0) is 21.7. The van der Waals surface area contributed by atoms with Gasteiger partial charge in [-0.1, -0.05) is 60.0 Å². The summed E-state index contributed by atoms with van der Waals surface area (Å²) in [4.78, 5) is 5.07. The second-order valence-electron chi connectivity index (χ2n) is 12.4. The number of aliphatic hydroxyl groups is 1. The van der Waals surface area contributed by atoms with Gasteiger partial charge < -0.3 is 5.11 Å². The normalized spacial score (nSPS) is 46.7. The summed E-state index contributed by atoms with van der Waals surface area (Å²) in [7, 11) is 0. The van der Waals surface area contributed by atoms with Crippen LogP contribution in [-0.2, 0) is 4.89 Å². The average Bonchev–Trinajstić information content (AvgIpc) is 3.05. The van der Waals surface area contributed by atoms with Crippen molar-refractivity contribution in [1.82, 2.24) is 0 Å². The van der Waals surface area contributed by atoms with E-state index in [0.29, 0.717) is 17.3 Å². The van der Waals surface area contributed by atoms with Crippen LogP contribution in [0.1, 0.15) is 98.8 Å². The van der Waals surface area contributed by atoms with E-state index in [1.807, 2.05) is 6.08 Å². The van der Waals surface area contributed by atoms with E-state index in [0.717, 1.165) is 42.9 Å². The van der Waals surface area contributed by atoms with Crippen molar-refractivity contribution < 1.29 is 15.3 Å². The van der Waals surface area contributed by atoms with Gasteiger partial charge in [0.05, 0.1) is 6.10 Å². The molecule has 3 heteroatoms. The summed E-state index contributed by atoms with van der Waals surface area (Å²) < 4.78 is 0. The number of rotatable bonds is 6. The van der Waals surface area contributed by atoms with Crippen LogP contribution in [0.15, 0.2) is 11.6 Å². The lowest BCUT2D eigenvalue weighted by molar-refractivity contribution is -0.286. The highest BCUT2D eigenvalue weighted by Crippen LogP contribution is 2.68. The minimum absolute atomic E-state index is 0.0812. The maximum absolute atomic E-state index is 10.3. The third-order valence-corrected chi connectivity index (χ3v) is 10.4. The fourth-order valence-electron chi connectivity index (χ4n) is 8.85. The second-order valence-corrected chi connectivity index (χ2v) is 12.4. The highest BCUT2D eigenvalue weighted by Gasteiger charge is 2.61. The van der Waals surface area contributed by atoms with E-state index in [9.17, 15) is 10.4 Å². The molecule has 0 aromatic carbocycles. The van der Waals surface area contributed by atoms with Gasteiger partial charge in [0.1, 0.15) is 6.10 Å². The van der Waals surface area contributed by atoms with Gasteiger partial charge in [-0.15, -0.1) is 0 Å². The summed E-state index contributed by atoms with van der Waals surface area (Å²) in [6, 6.07) is 0. The third-order valence-electron chi connectivity index (χ3n) is 10.4. The van der Waals surface area contributed by atoms with Crippen molar-refractivity contribution in [3.8, 4) is 0 Å². The molecule has 172 valence electrons. The van der Waals surface area contributed by atoms with E-state index < -0.39 is 0 Å². The molecule has 3 fully saturated rings. The van der Waals surface area contributed by atoms with Crippen LogP contribution in [0.25, 0.3) is 0 Å². The van der Waals surface area contributed by atoms with Crippen molar-refractivity contribution in [1.29, 1.82) is 0 Å². The minimum atomic E-state index is -0.376. The van der Waals surface area contributed by atoms with Crippen LogP contribution in [0, 0.1) is 46.3 Å². The lowest BCUT2D eigenvalue weighted by Gasteiger charge is -2.60. The first kappa shape index (κ1) is 22.8. The molecular weight excluding hydrogens is 372 g/mol. The van der Waals surface area contributed by atoms with Gasteiger partial charge >= 0.3 is 0 Å². The fourth-order valence-corrected chi connectivity index (χ4v) is 8.85. The van der Waals surface area contributed by atoms with Gasteiger partial charge in [0, 0.05) is 0 Å². The monoisotopic (exact) mass is 418 g/mol. The fraction of sp³-hybridized carbons (Fsp3) is 0.926. The van der Waals surface area contributed by atoms with Crippen molar-refractivity contribution >= 4 is 0 Å². The first-order valence-corrected chi connectivity index (χ1v) is 12.9. The molecule has 0 radical (unpaired) electrons. The van der Waals surface area contributed by atoms with Crippen LogP contribution in [-0.4, -0.2) is 22.6 Å². The Kier molecular flexibility index (Phi) is 6.48. The molecule has 0 aromatic heterocycles. The molecule has 0 aromatic rings. The van der Waals surface area contributed by atoms with Crippen molar-refractivity contribution in [2.45, 2.75) is 111 Å². The van der Waals surface area contributed by atoms with E-state index >= 15 is 0 Å². The standard InChI is InChI=1S/C27H46O3/c1-17(2)7-6-8-18(3)21-9-10-22-20-16-25(30-29)24-15-19(28)11-13-27(24,5)23(20)12-14-26(21,22)4/h15,17-23,25,28-29H,6-14,16H2,1-5H3/t18-,19+,20+,21-,22+,23+,25+,26-,27-/m1/s1. The summed E-state index contributed by atoms with van der Waals surface area (Å²) in [6.45, 7) is 12.2. The second kappa shape index (κ2) is 8.52. The molecule has 0 spiro atoms. The van der Waals surface area contributed by atoms with Crippen LogP contribution in [0.2, 0.25) is 0 Å². The number of hydrogen-bond donors (Lipinski definition) is 2. The van der Waals surface area contributed by atoms with Gasteiger partial charge in [0.15, 0.2) is 0 Å². The van der Waals surface area contributed by atoms with E-state index in [4.69, 9.17) is 4.89 Å². The lowest BCUT2D eigenvalue weighted by Crippen LogP contribution is -2.54. The predicted molar refractivity (Wildman–Crippen MR) is 122 cm³/mol. The molecular formula is C27H46O3. The van der Waals surface area contributed by atoms with Crippen LogP contribution in [0.5, 0.6) is 0 Å². The predicted octanol–water partition coefficient (Wildman–Crippen LogP) is 6.86. The van der Waals surface area contributed by atoms with E-state index in [1.54, 1.807) is 0 Å². The lowest BCUT2D eigenvalue weighted by atomic mass is 9.46. The van der Waals surface area contributed by atoms with Crippen molar-refractivity contribution in [3.05, 3.63) is 11.6 Å². The van der Waals surface area contributed by atoms with Gasteiger partial charge in [-0.05, 0) is 96.9 Å². The molecule has 0 heterocycles. The first-order valence-electron chi connectivity index (χ1n) is 12.9. The molecule has 4 rings (SSSR count). The number of fused-ring (bicyclic) bond motifs is 5. The quantitative estimate of drug-likeness (QED) is 0.281. The summed E-state index contributed by atoms with van der Waals surface area (Å²) in [5.74, 6) is 4.56. The summed E-state index contributed by atoms with van der Waals surface area (Å²) in [5, 5.41) is 20.0. The highest BCUT2D eigenvalue weighted by atomic mass is 17.1. The van der Waals surface area contributed by atoms with Crippen molar-refractivity contribution in [2.75, 3.05) is 0 Å². The van der Waals surface area contributed by atoms with Crippen LogP contribution < -0.4 is 0 Å². The van der Waals surface area contributed by atoms with Gasteiger partial charge in [-0.25, -0.2) is 4.89 Å². The Balaban J connectivity index is 1.54. The van der Waals surface area contributed by atoms with E-state index in [1.165, 1.54) is 50.5 Å². The average molecular weight is 419 g/mol. The SMILES string of the molecule is CC(C)CCC[C@@H](C)[C@H]1CC[C@H]2[C@@H]3C[C@H](OO)C4=C[C@@H](O)CC[C@]4(C)[C@H]3CC[C@]12C. The largest absolute Gasteiger partial charge is 0.389 e. The Morgan fingerprint density at radius 2 is 1.80 bits per heavy atom. The molecule has 3 nitrogen and oxygen atoms in total. The molecule has 4 aliphatic rings. The maximum Gasteiger partial charge on any atom is 0.115 e. The number of aliphatic hydroxyl groups excluding tert-OH is 1. The van der Waals surface area contributed by atoms with Gasteiger partial charge in [-0.2, -0.15) is 0 Å². The van der Waals surface area contributed by atoms with Gasteiger partial charge in [0.2, 0.25) is 0 Å². The Bertz CT molecular complexity index is 642. The topological polar surface area (TPSA) is 49.7 Å². The summed E-state index contributed by atoms with van der Waals surface area (Å²) in [6.07, 6.45) is 13.7. The molecule has 0 unspecified atom stereocenters. The van der Waals surface area contributed by atoms with Crippen LogP contribution in [0.4, 0.5) is 0 Å². The van der Waals surface area contributed by atoms with Gasteiger partial charge in [0.25, 0.3) is 0 Å². The molecule has 0 aliphatic heterocycles. The Hall–Kier alpha value is -0.380. The first-order chi connectivity index (χ1) is 14.2. The smallest absolute Gasteiger partial charge is 0.115 e. The molecule has 4 aliphatic carbocycles. The van der Waals surface area contributed by atoms with Gasteiger partial charge in [-0.3, -0.25) is 5.26 Å². The minimum Gasteiger partial charge on any atom is -0.389 e. The van der Waals surface area contributed by atoms with Crippen molar-refractivity contribution in [3.63, 3.8) is 0 Å². The van der Waals surface area contributed by atoms with Crippen molar-refractivity contribution in [2.24, 2.45) is 46.3 Å². The molecule has 0 amide bonds. The molecule has 9 atom stereocenters. The Labute approximate surface area is 184 Å². The highest BCUT2D eigenvalue weighted by molar-refractivity contribution is 5.29. The molecule has 3 saturated carbocycles. The summed E-state index contributed by atoms with van der Waals surface area (Å²) in [5.41, 5.74) is 1.72. The van der Waals surface area contributed by atoms with Crippen LogP contribution >= 0.6 is 0 Å². The summed E-state index contributed by atoms with van der Waals surface area (Å²) >= 11 is 0. The zero-order valence-electron chi connectivity index (χ0n) is 20.1. The third kappa shape index (κ3) is 3.71. The van der Waals surface area contributed by atoms with E-state index in [2.05, 4.69) is 34.6 Å². The molecule has 2 N–H and O–H groups in total. The van der Waals surface area contributed by atoms with Crippen LogP contribution in [0.3, 0.4) is 0 Å². The van der Waals surface area contributed by atoms with E-state index in [-0.39, 0.29) is 17.6 Å². The maximum atomic E-state index is 10.3. The molecule has 30 heavy (non-hydrogen) atoms. The Morgan fingerprint density at radius 1 is 1.03 bits per heavy atom.